The third-order valence-electron chi connectivity index (χ3n) is 3.46. The van der Waals surface area contributed by atoms with Gasteiger partial charge >= 0.3 is 5.97 Å². The Hall–Kier alpha value is -1.55. The summed E-state index contributed by atoms with van der Waals surface area (Å²) in [6.07, 6.45) is 2.10. The highest BCUT2D eigenvalue weighted by Crippen LogP contribution is 2.32. The third kappa shape index (κ3) is 3.26. The maximum atomic E-state index is 11.4. The lowest BCUT2D eigenvalue weighted by Gasteiger charge is -2.19. The quantitative estimate of drug-likeness (QED) is 0.828. The minimum Gasteiger partial charge on any atom is -0.496 e. The van der Waals surface area contributed by atoms with Crippen molar-refractivity contribution < 1.29 is 14.6 Å². The number of benzene rings is 1. The van der Waals surface area contributed by atoms with Crippen LogP contribution in [0, 0.1) is 0 Å². The molecule has 0 heterocycles. The van der Waals surface area contributed by atoms with Gasteiger partial charge in [0.15, 0.2) is 0 Å². The van der Waals surface area contributed by atoms with Crippen molar-refractivity contribution in [3.05, 3.63) is 29.3 Å². The monoisotopic (exact) mass is 263 g/mol. The Morgan fingerprint density at radius 2 is 2.11 bits per heavy atom. The van der Waals surface area contributed by atoms with Crippen molar-refractivity contribution in [3.8, 4) is 5.75 Å². The molecule has 1 unspecified atom stereocenters. The zero-order valence-corrected chi connectivity index (χ0v) is 11.6. The summed E-state index contributed by atoms with van der Waals surface area (Å²) in [5.74, 6) is 0.178. The molecule has 1 aromatic carbocycles. The van der Waals surface area contributed by atoms with E-state index in [4.69, 9.17) is 4.74 Å². The number of rotatable bonds is 6. The average molecular weight is 263 g/mol. The average Bonchev–Trinajstić information content (AvgIpc) is 3.18. The summed E-state index contributed by atoms with van der Waals surface area (Å²) in [7, 11) is 1.58. The van der Waals surface area contributed by atoms with E-state index < -0.39 is 12.0 Å². The first-order valence-corrected chi connectivity index (χ1v) is 6.69. The molecule has 4 nitrogen and oxygen atoms in total. The SMILES string of the molecule is COc1cc(C(C)C)ccc1C(NC1CC1)C(=O)O. The third-order valence-corrected chi connectivity index (χ3v) is 3.46. The Bertz CT molecular complexity index is 466. The number of ether oxygens (including phenoxy) is 1. The molecule has 1 aromatic rings. The zero-order valence-electron chi connectivity index (χ0n) is 11.6. The molecule has 0 saturated heterocycles. The van der Waals surface area contributed by atoms with Crippen LogP contribution in [0.1, 0.15) is 49.8 Å². The van der Waals surface area contributed by atoms with E-state index in [-0.39, 0.29) is 0 Å². The predicted molar refractivity (Wildman–Crippen MR) is 73.6 cm³/mol. The van der Waals surface area contributed by atoms with Crippen LogP contribution in [0.2, 0.25) is 0 Å². The molecule has 104 valence electrons. The molecule has 2 N–H and O–H groups in total. The fraction of sp³-hybridized carbons (Fsp3) is 0.533. The molecule has 0 amide bonds. The lowest BCUT2D eigenvalue weighted by molar-refractivity contribution is -0.139. The van der Waals surface area contributed by atoms with Crippen molar-refractivity contribution in [2.75, 3.05) is 7.11 Å². The maximum Gasteiger partial charge on any atom is 0.325 e. The molecule has 0 aromatic heterocycles. The predicted octanol–water partition coefficient (Wildman–Crippen LogP) is 2.70. The first-order valence-electron chi connectivity index (χ1n) is 6.69. The summed E-state index contributed by atoms with van der Waals surface area (Å²) in [5.41, 5.74) is 1.85. The van der Waals surface area contributed by atoms with Crippen LogP contribution >= 0.6 is 0 Å². The largest absolute Gasteiger partial charge is 0.496 e. The van der Waals surface area contributed by atoms with Crippen molar-refractivity contribution in [3.63, 3.8) is 0 Å². The summed E-state index contributed by atoms with van der Waals surface area (Å²) >= 11 is 0. The van der Waals surface area contributed by atoms with Gasteiger partial charge in [-0.1, -0.05) is 26.0 Å². The smallest absolute Gasteiger partial charge is 0.325 e. The van der Waals surface area contributed by atoms with Gasteiger partial charge in [-0.3, -0.25) is 10.1 Å². The van der Waals surface area contributed by atoms with Gasteiger partial charge in [-0.25, -0.2) is 0 Å². The molecule has 4 heteroatoms. The van der Waals surface area contributed by atoms with Gasteiger partial charge in [0.25, 0.3) is 0 Å². The maximum absolute atomic E-state index is 11.4. The number of carboxylic acid groups (broad SMARTS) is 1. The van der Waals surface area contributed by atoms with Gasteiger partial charge in [0, 0.05) is 11.6 Å². The van der Waals surface area contributed by atoms with Crippen LogP contribution in [0.15, 0.2) is 18.2 Å². The number of hydrogen-bond acceptors (Lipinski definition) is 3. The topological polar surface area (TPSA) is 58.6 Å². The number of hydrogen-bond donors (Lipinski definition) is 2. The Kier molecular flexibility index (Phi) is 4.10. The summed E-state index contributed by atoms with van der Waals surface area (Å²) in [5, 5.41) is 12.5. The van der Waals surface area contributed by atoms with Crippen molar-refractivity contribution >= 4 is 5.97 Å². The van der Waals surface area contributed by atoms with Crippen LogP contribution in [-0.4, -0.2) is 24.2 Å². The number of methoxy groups -OCH3 is 1. The number of nitrogens with one attached hydrogen (secondary N) is 1. The van der Waals surface area contributed by atoms with Gasteiger partial charge in [-0.15, -0.1) is 0 Å². The van der Waals surface area contributed by atoms with Crippen molar-refractivity contribution in [1.82, 2.24) is 5.32 Å². The van der Waals surface area contributed by atoms with E-state index in [2.05, 4.69) is 19.2 Å². The second kappa shape index (κ2) is 5.61. The van der Waals surface area contributed by atoms with Gasteiger partial charge in [-0.05, 0) is 30.4 Å². The zero-order chi connectivity index (χ0) is 14.0. The summed E-state index contributed by atoms with van der Waals surface area (Å²) in [6, 6.07) is 5.42. The molecule has 1 aliphatic carbocycles. The number of aliphatic carboxylic acids is 1. The van der Waals surface area contributed by atoms with Crippen LogP contribution in [0.5, 0.6) is 5.75 Å². The molecule has 2 rings (SSSR count). The van der Waals surface area contributed by atoms with Crippen LogP contribution in [0.25, 0.3) is 0 Å². The molecule has 19 heavy (non-hydrogen) atoms. The van der Waals surface area contributed by atoms with Crippen molar-refractivity contribution in [2.24, 2.45) is 0 Å². The van der Waals surface area contributed by atoms with Gasteiger partial charge < -0.3 is 9.84 Å². The van der Waals surface area contributed by atoms with Crippen LogP contribution in [-0.2, 0) is 4.79 Å². The fourth-order valence-electron chi connectivity index (χ4n) is 2.11. The molecule has 0 aliphatic heterocycles. The Labute approximate surface area is 113 Å². The lowest BCUT2D eigenvalue weighted by Crippen LogP contribution is -2.30. The highest BCUT2D eigenvalue weighted by molar-refractivity contribution is 5.77. The molecular weight excluding hydrogens is 242 g/mol. The van der Waals surface area contributed by atoms with E-state index in [1.807, 2.05) is 18.2 Å². The molecule has 0 spiro atoms. The normalized spacial score (nSPS) is 16.4. The number of carbonyl (C=O) groups is 1. The highest BCUT2D eigenvalue weighted by atomic mass is 16.5. The first kappa shape index (κ1) is 13.9. The van der Waals surface area contributed by atoms with E-state index in [0.29, 0.717) is 23.3 Å². The van der Waals surface area contributed by atoms with Gasteiger partial charge in [0.1, 0.15) is 11.8 Å². The van der Waals surface area contributed by atoms with E-state index >= 15 is 0 Å². The minimum atomic E-state index is -0.859. The molecule has 1 saturated carbocycles. The van der Waals surface area contributed by atoms with Crippen molar-refractivity contribution in [1.29, 1.82) is 0 Å². The van der Waals surface area contributed by atoms with E-state index in [0.717, 1.165) is 18.4 Å². The molecule has 1 atom stereocenters. The first-order chi connectivity index (χ1) is 9.02. The second-order valence-electron chi connectivity index (χ2n) is 5.37. The van der Waals surface area contributed by atoms with Crippen LogP contribution < -0.4 is 10.1 Å². The molecule has 0 radical (unpaired) electrons. The van der Waals surface area contributed by atoms with E-state index in [1.54, 1.807) is 7.11 Å². The van der Waals surface area contributed by atoms with Crippen molar-refractivity contribution in [2.45, 2.75) is 44.7 Å². The fourth-order valence-corrected chi connectivity index (χ4v) is 2.11. The van der Waals surface area contributed by atoms with E-state index in [9.17, 15) is 9.90 Å². The second-order valence-corrected chi connectivity index (χ2v) is 5.37. The van der Waals surface area contributed by atoms with E-state index in [1.165, 1.54) is 0 Å². The van der Waals surface area contributed by atoms with Gasteiger partial charge in [0.2, 0.25) is 0 Å². The summed E-state index contributed by atoms with van der Waals surface area (Å²) < 4.78 is 5.37. The molecular formula is C15H21NO3. The molecule has 1 aliphatic rings. The molecule has 0 bridgehead atoms. The standard InChI is InChI=1S/C15H21NO3/c1-9(2)10-4-7-12(13(8-10)19-3)14(15(17)18)16-11-5-6-11/h4,7-9,11,14,16H,5-6H2,1-3H3,(H,17,18). The summed E-state index contributed by atoms with van der Waals surface area (Å²) in [6.45, 7) is 4.21. The van der Waals surface area contributed by atoms with Crippen LogP contribution in [0.3, 0.4) is 0 Å². The Balaban J connectivity index is 2.32. The number of carboxylic acids is 1. The van der Waals surface area contributed by atoms with Gasteiger partial charge in [-0.2, -0.15) is 0 Å². The van der Waals surface area contributed by atoms with Gasteiger partial charge in [0.05, 0.1) is 7.11 Å². The van der Waals surface area contributed by atoms with Crippen LogP contribution in [0.4, 0.5) is 0 Å². The molecule has 1 fully saturated rings. The minimum absolute atomic E-state index is 0.329. The summed E-state index contributed by atoms with van der Waals surface area (Å²) in [4.78, 5) is 11.4. The highest BCUT2D eigenvalue weighted by Gasteiger charge is 2.31. The lowest BCUT2D eigenvalue weighted by atomic mass is 9.97. The Morgan fingerprint density at radius 3 is 2.58 bits per heavy atom. The Morgan fingerprint density at radius 1 is 1.42 bits per heavy atom.